The monoisotopic (exact) mass is 283 g/mol. The zero-order chi connectivity index (χ0) is 14.5. The van der Waals surface area contributed by atoms with Crippen molar-refractivity contribution in [2.24, 2.45) is 11.7 Å². The molecule has 0 spiro atoms. The van der Waals surface area contributed by atoms with E-state index in [0.29, 0.717) is 5.92 Å². The second kappa shape index (κ2) is 6.74. The van der Waals surface area contributed by atoms with Crippen molar-refractivity contribution in [3.63, 3.8) is 0 Å². The van der Waals surface area contributed by atoms with Crippen molar-refractivity contribution in [3.05, 3.63) is 60.2 Å². The molecule has 3 heteroatoms. The van der Waals surface area contributed by atoms with E-state index in [9.17, 15) is 0 Å². The standard InChI is InChI=1S/C18H21NO2/c19-18(15-10-12-20-13-11-15)14-6-8-17(9-7-14)21-16-4-2-1-3-5-16/h1-9,15,18H,10-13,19H2/t18-/m0/s1. The summed E-state index contributed by atoms with van der Waals surface area (Å²) in [5.41, 5.74) is 7.54. The second-order valence-corrected chi connectivity index (χ2v) is 5.46. The van der Waals surface area contributed by atoms with Crippen molar-refractivity contribution >= 4 is 0 Å². The Morgan fingerprint density at radius 3 is 2.19 bits per heavy atom. The van der Waals surface area contributed by atoms with Crippen LogP contribution < -0.4 is 10.5 Å². The van der Waals surface area contributed by atoms with Gasteiger partial charge in [-0.3, -0.25) is 0 Å². The number of nitrogens with two attached hydrogens (primary N) is 1. The Balaban J connectivity index is 1.66. The van der Waals surface area contributed by atoms with Crippen molar-refractivity contribution in [2.75, 3.05) is 13.2 Å². The Hall–Kier alpha value is -1.84. The SMILES string of the molecule is N[C@@H](c1ccc(Oc2ccccc2)cc1)C1CCOCC1. The molecule has 0 amide bonds. The molecule has 1 atom stereocenters. The summed E-state index contributed by atoms with van der Waals surface area (Å²) >= 11 is 0. The van der Waals surface area contributed by atoms with Crippen molar-refractivity contribution in [2.45, 2.75) is 18.9 Å². The molecule has 1 saturated heterocycles. The van der Waals surface area contributed by atoms with Crippen LogP contribution in [0.3, 0.4) is 0 Å². The van der Waals surface area contributed by atoms with E-state index in [1.807, 2.05) is 42.5 Å². The van der Waals surface area contributed by atoms with Gasteiger partial charge in [-0.2, -0.15) is 0 Å². The van der Waals surface area contributed by atoms with Crippen molar-refractivity contribution < 1.29 is 9.47 Å². The van der Waals surface area contributed by atoms with E-state index in [1.165, 1.54) is 5.56 Å². The lowest BCUT2D eigenvalue weighted by molar-refractivity contribution is 0.0584. The Bertz CT molecular complexity index is 547. The lowest BCUT2D eigenvalue weighted by Gasteiger charge is -2.27. The maximum absolute atomic E-state index is 6.38. The predicted octanol–water partition coefficient (Wildman–Crippen LogP) is 3.91. The van der Waals surface area contributed by atoms with Gasteiger partial charge < -0.3 is 15.2 Å². The zero-order valence-electron chi connectivity index (χ0n) is 12.1. The second-order valence-electron chi connectivity index (χ2n) is 5.46. The van der Waals surface area contributed by atoms with Crippen LogP contribution in [0.2, 0.25) is 0 Å². The highest BCUT2D eigenvalue weighted by Crippen LogP contribution is 2.29. The number of para-hydroxylation sites is 1. The van der Waals surface area contributed by atoms with Gasteiger partial charge in [-0.25, -0.2) is 0 Å². The first-order valence-electron chi connectivity index (χ1n) is 7.49. The maximum Gasteiger partial charge on any atom is 0.127 e. The molecule has 0 aromatic heterocycles. The summed E-state index contributed by atoms with van der Waals surface area (Å²) in [7, 11) is 0. The number of benzene rings is 2. The van der Waals surface area contributed by atoms with Crippen molar-refractivity contribution in [1.29, 1.82) is 0 Å². The Morgan fingerprint density at radius 1 is 0.905 bits per heavy atom. The average molecular weight is 283 g/mol. The van der Waals surface area contributed by atoms with Crippen LogP contribution in [0, 0.1) is 5.92 Å². The molecule has 2 N–H and O–H groups in total. The van der Waals surface area contributed by atoms with Crippen LogP contribution in [0.15, 0.2) is 54.6 Å². The van der Waals surface area contributed by atoms with E-state index >= 15 is 0 Å². The van der Waals surface area contributed by atoms with Crippen LogP contribution in [-0.4, -0.2) is 13.2 Å². The molecule has 2 aromatic rings. The molecule has 1 aliphatic rings. The van der Waals surface area contributed by atoms with Gasteiger partial charge in [-0.05, 0) is 48.6 Å². The molecule has 1 aliphatic heterocycles. The Kier molecular flexibility index (Phi) is 4.53. The molecule has 3 nitrogen and oxygen atoms in total. The van der Waals surface area contributed by atoms with Crippen LogP contribution in [-0.2, 0) is 4.74 Å². The van der Waals surface area contributed by atoms with Gasteiger partial charge in [0.1, 0.15) is 11.5 Å². The Morgan fingerprint density at radius 2 is 1.52 bits per heavy atom. The third-order valence-corrected chi connectivity index (χ3v) is 4.02. The first-order chi connectivity index (χ1) is 10.3. The molecule has 1 fully saturated rings. The van der Waals surface area contributed by atoms with Crippen molar-refractivity contribution in [1.82, 2.24) is 0 Å². The summed E-state index contributed by atoms with van der Waals surface area (Å²) < 4.78 is 11.2. The molecule has 2 aromatic carbocycles. The molecule has 0 saturated carbocycles. The number of ether oxygens (including phenoxy) is 2. The largest absolute Gasteiger partial charge is 0.457 e. The van der Waals surface area contributed by atoms with Crippen LogP contribution in [0.1, 0.15) is 24.4 Å². The highest BCUT2D eigenvalue weighted by atomic mass is 16.5. The molecule has 0 aliphatic carbocycles. The Labute approximate surface area is 125 Å². The summed E-state index contributed by atoms with van der Waals surface area (Å²) in [4.78, 5) is 0. The van der Waals surface area contributed by atoms with E-state index in [2.05, 4.69) is 12.1 Å². The molecule has 3 rings (SSSR count). The van der Waals surface area contributed by atoms with Crippen LogP contribution in [0.5, 0.6) is 11.5 Å². The van der Waals surface area contributed by atoms with Gasteiger partial charge >= 0.3 is 0 Å². The zero-order valence-corrected chi connectivity index (χ0v) is 12.1. The van der Waals surface area contributed by atoms with Crippen LogP contribution in [0.25, 0.3) is 0 Å². The maximum atomic E-state index is 6.38. The van der Waals surface area contributed by atoms with Crippen LogP contribution in [0.4, 0.5) is 0 Å². The lowest BCUT2D eigenvalue weighted by atomic mass is 9.88. The summed E-state index contributed by atoms with van der Waals surface area (Å²) in [6.45, 7) is 1.65. The highest BCUT2D eigenvalue weighted by molar-refractivity contribution is 5.34. The first kappa shape index (κ1) is 14.1. The summed E-state index contributed by atoms with van der Waals surface area (Å²) in [6, 6.07) is 18.0. The molecule has 1 heterocycles. The highest BCUT2D eigenvalue weighted by Gasteiger charge is 2.22. The fourth-order valence-electron chi connectivity index (χ4n) is 2.73. The van der Waals surface area contributed by atoms with Crippen molar-refractivity contribution in [3.8, 4) is 11.5 Å². The molecular formula is C18H21NO2. The van der Waals surface area contributed by atoms with Gasteiger partial charge in [0.15, 0.2) is 0 Å². The van der Waals surface area contributed by atoms with Gasteiger partial charge in [0.25, 0.3) is 0 Å². The summed E-state index contributed by atoms with van der Waals surface area (Å²) in [5.74, 6) is 2.20. The molecular weight excluding hydrogens is 262 g/mol. The molecule has 0 bridgehead atoms. The third-order valence-electron chi connectivity index (χ3n) is 4.02. The normalized spacial score (nSPS) is 17.4. The van der Waals surface area contributed by atoms with E-state index in [4.69, 9.17) is 15.2 Å². The predicted molar refractivity (Wildman–Crippen MR) is 83.4 cm³/mol. The minimum Gasteiger partial charge on any atom is -0.457 e. The van der Waals surface area contributed by atoms with Gasteiger partial charge in [0, 0.05) is 19.3 Å². The van der Waals surface area contributed by atoms with E-state index in [0.717, 1.165) is 37.6 Å². The number of rotatable bonds is 4. The van der Waals surface area contributed by atoms with E-state index < -0.39 is 0 Å². The lowest BCUT2D eigenvalue weighted by Crippen LogP contribution is -2.27. The van der Waals surface area contributed by atoms with Gasteiger partial charge in [0.05, 0.1) is 0 Å². The number of hydrogen-bond acceptors (Lipinski definition) is 3. The number of hydrogen-bond donors (Lipinski definition) is 1. The smallest absolute Gasteiger partial charge is 0.127 e. The minimum absolute atomic E-state index is 0.0830. The van der Waals surface area contributed by atoms with Crippen LogP contribution >= 0.6 is 0 Å². The minimum atomic E-state index is 0.0830. The average Bonchev–Trinajstić information content (AvgIpc) is 2.57. The molecule has 0 unspecified atom stereocenters. The fourth-order valence-corrected chi connectivity index (χ4v) is 2.73. The molecule has 21 heavy (non-hydrogen) atoms. The van der Waals surface area contributed by atoms with Gasteiger partial charge in [0.2, 0.25) is 0 Å². The quantitative estimate of drug-likeness (QED) is 0.925. The third kappa shape index (κ3) is 3.63. The van der Waals surface area contributed by atoms with Gasteiger partial charge in [-0.1, -0.05) is 30.3 Å². The van der Waals surface area contributed by atoms with Gasteiger partial charge in [-0.15, -0.1) is 0 Å². The summed E-state index contributed by atoms with van der Waals surface area (Å²) in [5, 5.41) is 0. The first-order valence-corrected chi connectivity index (χ1v) is 7.49. The van der Waals surface area contributed by atoms with E-state index in [-0.39, 0.29) is 6.04 Å². The molecule has 110 valence electrons. The fraction of sp³-hybridized carbons (Fsp3) is 0.333. The van der Waals surface area contributed by atoms with E-state index in [1.54, 1.807) is 0 Å². The topological polar surface area (TPSA) is 44.5 Å². The summed E-state index contributed by atoms with van der Waals surface area (Å²) in [6.07, 6.45) is 2.09. The molecule has 0 radical (unpaired) electrons.